The second-order valence-electron chi connectivity index (χ2n) is 7.23. The number of hydrogen-bond donors (Lipinski definition) is 1. The number of halogens is 1. The van der Waals surface area contributed by atoms with E-state index in [-0.39, 0.29) is 17.9 Å². The third-order valence-corrected chi connectivity index (χ3v) is 5.34. The molecule has 0 unspecified atom stereocenters. The summed E-state index contributed by atoms with van der Waals surface area (Å²) in [7, 11) is 0. The smallest absolute Gasteiger partial charge is 0.338 e. The normalized spacial score (nSPS) is 10.8. The minimum atomic E-state index is -0.613. The molecule has 2 aromatic carbocycles. The van der Waals surface area contributed by atoms with Crippen molar-refractivity contribution in [3.8, 4) is 0 Å². The molecule has 0 radical (unpaired) electrons. The highest BCUT2D eigenvalue weighted by Crippen LogP contribution is 2.26. The number of fused-ring (bicyclic) bond motifs is 1. The number of aryl methyl sites for hydroxylation is 2. The van der Waals surface area contributed by atoms with Gasteiger partial charge in [-0.05, 0) is 61.4 Å². The fourth-order valence-corrected chi connectivity index (χ4v) is 3.33. The van der Waals surface area contributed by atoms with Gasteiger partial charge in [-0.15, -0.1) is 0 Å². The molecule has 0 saturated heterocycles. The average molecular weight is 452 g/mol. The second-order valence-corrected chi connectivity index (χ2v) is 7.63. The van der Waals surface area contributed by atoms with Crippen molar-refractivity contribution in [1.82, 2.24) is 0 Å². The topological polar surface area (TPSA) is 98.7 Å². The molecule has 0 aliphatic carbocycles. The molecular formula is C24H18ClNO6. The van der Waals surface area contributed by atoms with Gasteiger partial charge in [-0.2, -0.15) is 0 Å². The molecule has 0 atom stereocenters. The summed E-state index contributed by atoms with van der Waals surface area (Å²) in [6.45, 7) is 3.45. The SMILES string of the molecule is Cc1cc2oc(=O)cc(COC(=O)c3ccc(C)c(NC(=O)c4ccco4)c3)c2cc1Cl. The van der Waals surface area contributed by atoms with Crippen LogP contribution in [0.1, 0.15) is 37.6 Å². The summed E-state index contributed by atoms with van der Waals surface area (Å²) in [6, 6.07) is 12.6. The minimum Gasteiger partial charge on any atom is -0.459 e. The quantitative estimate of drug-likeness (QED) is 0.328. The molecule has 2 aromatic heterocycles. The van der Waals surface area contributed by atoms with E-state index in [1.165, 1.54) is 24.5 Å². The van der Waals surface area contributed by atoms with Crippen LogP contribution in [0.4, 0.5) is 5.69 Å². The number of anilines is 1. The van der Waals surface area contributed by atoms with Crippen molar-refractivity contribution in [2.45, 2.75) is 20.5 Å². The monoisotopic (exact) mass is 451 g/mol. The van der Waals surface area contributed by atoms with Gasteiger partial charge >= 0.3 is 11.6 Å². The van der Waals surface area contributed by atoms with Gasteiger partial charge in [0.1, 0.15) is 12.2 Å². The van der Waals surface area contributed by atoms with Crippen molar-refractivity contribution in [3.63, 3.8) is 0 Å². The van der Waals surface area contributed by atoms with Crippen molar-refractivity contribution < 1.29 is 23.2 Å². The molecule has 8 heteroatoms. The van der Waals surface area contributed by atoms with E-state index < -0.39 is 17.5 Å². The standard InChI is InChI=1S/C24H18ClNO6/c1-13-5-6-15(9-19(13)26-23(28)20-4-3-7-30-20)24(29)31-12-16-10-22(27)32-21-8-14(2)18(25)11-17(16)21/h3-11H,12H2,1-2H3,(H,26,28). The van der Waals surface area contributed by atoms with Gasteiger partial charge in [0.25, 0.3) is 5.91 Å². The maximum atomic E-state index is 12.7. The van der Waals surface area contributed by atoms with Crippen LogP contribution in [0.25, 0.3) is 11.0 Å². The largest absolute Gasteiger partial charge is 0.459 e. The van der Waals surface area contributed by atoms with Gasteiger partial charge in [0.2, 0.25) is 0 Å². The second kappa shape index (κ2) is 8.72. The first-order valence-electron chi connectivity index (χ1n) is 9.67. The molecule has 162 valence electrons. The zero-order valence-corrected chi connectivity index (χ0v) is 18.0. The van der Waals surface area contributed by atoms with Gasteiger partial charge < -0.3 is 18.9 Å². The number of furan rings is 1. The van der Waals surface area contributed by atoms with Crippen molar-refractivity contribution in [2.75, 3.05) is 5.32 Å². The van der Waals surface area contributed by atoms with Crippen molar-refractivity contribution in [2.24, 2.45) is 0 Å². The summed E-state index contributed by atoms with van der Waals surface area (Å²) in [6.07, 6.45) is 1.40. The maximum absolute atomic E-state index is 12.7. The molecule has 1 N–H and O–H groups in total. The van der Waals surface area contributed by atoms with E-state index in [1.54, 1.807) is 44.2 Å². The molecule has 0 aliphatic heterocycles. The molecule has 0 bridgehead atoms. The van der Waals surface area contributed by atoms with Crippen LogP contribution in [0.3, 0.4) is 0 Å². The Morgan fingerprint density at radius 3 is 2.62 bits per heavy atom. The van der Waals surface area contributed by atoms with Crippen LogP contribution in [0.5, 0.6) is 0 Å². The molecular weight excluding hydrogens is 434 g/mol. The number of hydrogen-bond acceptors (Lipinski definition) is 6. The number of amides is 1. The van der Waals surface area contributed by atoms with Crippen molar-refractivity contribution in [3.05, 3.63) is 98.3 Å². The van der Waals surface area contributed by atoms with Gasteiger partial charge in [-0.25, -0.2) is 9.59 Å². The minimum absolute atomic E-state index is 0.151. The first kappa shape index (κ1) is 21.4. The Balaban J connectivity index is 1.54. The zero-order valence-electron chi connectivity index (χ0n) is 17.2. The van der Waals surface area contributed by atoms with Crippen molar-refractivity contribution >= 4 is 40.1 Å². The summed E-state index contributed by atoms with van der Waals surface area (Å²) in [5, 5.41) is 3.81. The molecule has 2 heterocycles. The van der Waals surface area contributed by atoms with Gasteiger partial charge in [0.15, 0.2) is 5.76 Å². The van der Waals surface area contributed by atoms with E-state index in [4.69, 9.17) is 25.2 Å². The van der Waals surface area contributed by atoms with Crippen LogP contribution >= 0.6 is 11.6 Å². The van der Waals surface area contributed by atoms with Gasteiger partial charge in [0.05, 0.1) is 11.8 Å². The fourth-order valence-electron chi connectivity index (χ4n) is 3.17. The van der Waals surface area contributed by atoms with Crippen LogP contribution in [0, 0.1) is 13.8 Å². The number of carbonyl (C=O) groups is 2. The van der Waals surface area contributed by atoms with Crippen molar-refractivity contribution in [1.29, 1.82) is 0 Å². The van der Waals surface area contributed by atoms with Crippen LogP contribution in [-0.2, 0) is 11.3 Å². The molecule has 0 fully saturated rings. The molecule has 0 spiro atoms. The number of rotatable bonds is 5. The van der Waals surface area contributed by atoms with E-state index in [0.717, 1.165) is 11.1 Å². The number of esters is 1. The number of carbonyl (C=O) groups excluding carboxylic acids is 2. The lowest BCUT2D eigenvalue weighted by molar-refractivity contribution is 0.0473. The van der Waals surface area contributed by atoms with Gasteiger partial charge in [-0.3, -0.25) is 4.79 Å². The Bertz CT molecular complexity index is 1390. The Morgan fingerprint density at radius 1 is 1.06 bits per heavy atom. The van der Waals surface area contributed by atoms with Crippen LogP contribution < -0.4 is 10.9 Å². The first-order chi connectivity index (χ1) is 15.3. The molecule has 1 amide bonds. The molecule has 0 aliphatic rings. The number of nitrogens with one attached hydrogen (secondary N) is 1. The Kier molecular flexibility index (Phi) is 5.83. The lowest BCUT2D eigenvalue weighted by Gasteiger charge is -2.11. The highest BCUT2D eigenvalue weighted by atomic mass is 35.5. The molecule has 4 rings (SSSR count). The van der Waals surface area contributed by atoms with Gasteiger partial charge in [0, 0.05) is 27.7 Å². The molecule has 7 nitrogen and oxygen atoms in total. The molecule has 0 saturated carbocycles. The summed E-state index contributed by atoms with van der Waals surface area (Å²) in [4.78, 5) is 36.8. The van der Waals surface area contributed by atoms with E-state index >= 15 is 0 Å². The lowest BCUT2D eigenvalue weighted by atomic mass is 10.1. The number of benzene rings is 2. The Labute approximate surface area is 187 Å². The number of ether oxygens (including phenoxy) is 1. The molecule has 4 aromatic rings. The van der Waals surface area contributed by atoms with E-state index in [0.29, 0.717) is 27.2 Å². The third-order valence-electron chi connectivity index (χ3n) is 4.93. The summed E-state index contributed by atoms with van der Waals surface area (Å²) in [5.41, 5.74) is 2.51. The Morgan fingerprint density at radius 2 is 1.88 bits per heavy atom. The molecule has 32 heavy (non-hydrogen) atoms. The summed E-state index contributed by atoms with van der Waals surface area (Å²) >= 11 is 6.20. The van der Waals surface area contributed by atoms with E-state index in [1.807, 2.05) is 0 Å². The van der Waals surface area contributed by atoms with Crippen LogP contribution in [0.15, 0.2) is 68.4 Å². The fraction of sp³-hybridized carbons (Fsp3) is 0.125. The van der Waals surface area contributed by atoms with Crippen LogP contribution in [-0.4, -0.2) is 11.9 Å². The predicted octanol–water partition coefficient (Wildman–Crippen LogP) is 5.27. The predicted molar refractivity (Wildman–Crippen MR) is 119 cm³/mol. The first-order valence-corrected chi connectivity index (χ1v) is 10.0. The van der Waals surface area contributed by atoms with E-state index in [2.05, 4.69) is 5.32 Å². The maximum Gasteiger partial charge on any atom is 0.338 e. The zero-order chi connectivity index (χ0) is 22.8. The average Bonchev–Trinajstić information content (AvgIpc) is 3.29. The van der Waals surface area contributed by atoms with Gasteiger partial charge in [-0.1, -0.05) is 17.7 Å². The Hall–Kier alpha value is -3.84. The van der Waals surface area contributed by atoms with E-state index in [9.17, 15) is 14.4 Å². The van der Waals surface area contributed by atoms with Crippen LogP contribution in [0.2, 0.25) is 5.02 Å². The highest BCUT2D eigenvalue weighted by Gasteiger charge is 2.15. The summed E-state index contributed by atoms with van der Waals surface area (Å²) < 4.78 is 15.7. The lowest BCUT2D eigenvalue weighted by Crippen LogP contribution is -2.13. The third kappa shape index (κ3) is 4.43. The highest BCUT2D eigenvalue weighted by molar-refractivity contribution is 6.32. The summed E-state index contributed by atoms with van der Waals surface area (Å²) in [5.74, 6) is -0.891.